The lowest BCUT2D eigenvalue weighted by atomic mass is 9.52. The van der Waals surface area contributed by atoms with Crippen molar-refractivity contribution in [3.8, 4) is 11.5 Å². The van der Waals surface area contributed by atoms with Crippen molar-refractivity contribution < 1.29 is 32.1 Å². The minimum atomic E-state index is -3.11. The lowest BCUT2D eigenvalue weighted by molar-refractivity contribution is -0.138. The van der Waals surface area contributed by atoms with Crippen molar-refractivity contribution in [3.05, 3.63) is 23.2 Å². The summed E-state index contributed by atoms with van der Waals surface area (Å²) >= 11 is 0. The average molecular weight is 312 g/mol. The highest BCUT2D eigenvalue weighted by Gasteiger charge is 2.65. The van der Waals surface area contributed by atoms with E-state index >= 15 is 0 Å². The van der Waals surface area contributed by atoms with Crippen LogP contribution in [-0.2, 0) is 16.6 Å². The number of ether oxygens (including phenoxy) is 2. The van der Waals surface area contributed by atoms with Crippen LogP contribution in [0.5, 0.6) is 11.5 Å². The third-order valence-corrected chi connectivity index (χ3v) is 5.06. The van der Waals surface area contributed by atoms with Crippen molar-refractivity contribution in [2.75, 3.05) is 20.6 Å². The first-order valence-corrected chi connectivity index (χ1v) is 7.05. The van der Waals surface area contributed by atoms with Gasteiger partial charge in [-0.1, -0.05) is 6.04 Å². The minimum absolute atomic E-state index is 0.111. The van der Waals surface area contributed by atoms with E-state index in [1.165, 1.54) is 0 Å². The first-order chi connectivity index (χ1) is 15.7. The molecule has 0 N–H and O–H groups in total. The summed E-state index contributed by atoms with van der Waals surface area (Å²) in [4.78, 5) is 14.1. The summed E-state index contributed by atoms with van der Waals surface area (Å²) in [7, 11) is -3.11. The number of carbonyl (C=O) groups is 1. The summed E-state index contributed by atoms with van der Waals surface area (Å²) in [6, 6.07) is -3.78. The Morgan fingerprint density at radius 1 is 1.64 bits per heavy atom. The van der Waals surface area contributed by atoms with Crippen molar-refractivity contribution in [1.29, 1.82) is 0 Å². The number of methoxy groups -OCH3 is 1. The second kappa shape index (κ2) is 4.05. The van der Waals surface area contributed by atoms with Crippen molar-refractivity contribution in [2.45, 2.75) is 43.1 Å². The molecule has 0 aromatic heterocycles. The standard InChI is InChI=1S/C18H21NO3/c1-19-8-7-18-11-4-5-13(20)17(18)22-16-14(21-2)6-3-10(15(16)18)9-12(11)19/h3,6,11-12,17H,4-5,7-9H2,1-2H3/t11-,12+,17?,18-/m0/s1/i1D3,2D3,3D,5D2,6D,11D,12D,17D. The molecule has 5 rings (SSSR count). The van der Waals surface area contributed by atoms with Gasteiger partial charge in [0.05, 0.1) is 15.3 Å². The van der Waals surface area contributed by atoms with Gasteiger partial charge in [0.15, 0.2) is 23.4 Å². The van der Waals surface area contributed by atoms with Crippen LogP contribution in [0.15, 0.2) is 12.1 Å². The molecule has 2 aliphatic carbocycles. The number of rotatable bonds is 1. The third kappa shape index (κ3) is 1.27. The van der Waals surface area contributed by atoms with Crippen LogP contribution in [0.2, 0.25) is 0 Å². The van der Waals surface area contributed by atoms with E-state index in [1.807, 2.05) is 0 Å². The zero-order chi connectivity index (χ0) is 26.4. The summed E-state index contributed by atoms with van der Waals surface area (Å²) < 4.78 is 118. The van der Waals surface area contributed by atoms with Crippen LogP contribution in [0.1, 0.15) is 48.2 Å². The SMILES string of the molecule is [2H]c1c([2H])c(OC([2H])([2H])[2H])c2c3c1C[C@@]1([2H])N(C([2H])([2H])[2H])CC[C@@]34C([2H])(O2)C(=O)C([2H])([2H])C[C@@]14[2H]. The number of likely N-dealkylation sites (tertiary alicyclic amines) is 1. The predicted octanol–water partition coefficient (Wildman–Crippen LogP) is 1.93. The van der Waals surface area contributed by atoms with E-state index in [1.54, 1.807) is 0 Å². The van der Waals surface area contributed by atoms with E-state index < -0.39 is 86.0 Å². The molecule has 4 aliphatic rings. The van der Waals surface area contributed by atoms with Gasteiger partial charge in [0.2, 0.25) is 0 Å². The molecule has 2 heterocycles. The topological polar surface area (TPSA) is 38.8 Å². The minimum Gasteiger partial charge on any atom is -0.493 e. The van der Waals surface area contributed by atoms with E-state index in [-0.39, 0.29) is 24.1 Å². The fourth-order valence-electron chi connectivity index (χ4n) is 4.17. The van der Waals surface area contributed by atoms with E-state index in [0.717, 1.165) is 4.90 Å². The number of likely N-dealkylation sites (N-methyl/N-ethyl adjacent to an activating group) is 1. The maximum atomic E-state index is 13.4. The van der Waals surface area contributed by atoms with Gasteiger partial charge in [-0.05, 0) is 50.3 Å². The van der Waals surface area contributed by atoms with Gasteiger partial charge >= 0.3 is 0 Å². The highest BCUT2D eigenvalue weighted by atomic mass is 16.5. The van der Waals surface area contributed by atoms with Gasteiger partial charge in [-0.15, -0.1) is 0 Å². The third-order valence-electron chi connectivity index (χ3n) is 5.06. The number of nitrogens with zero attached hydrogens (tertiary/aromatic N) is 1. The molecular weight excluding hydrogens is 278 g/mol. The molecule has 4 nitrogen and oxygen atoms in total. The molecule has 0 amide bonds. The Bertz CT molecular complexity index is 1180. The fourth-order valence-corrected chi connectivity index (χ4v) is 4.17. The lowest BCUT2D eigenvalue weighted by Gasteiger charge is -2.57. The Labute approximate surface area is 148 Å². The van der Waals surface area contributed by atoms with E-state index in [0.29, 0.717) is 0 Å². The van der Waals surface area contributed by atoms with E-state index in [4.69, 9.17) is 24.6 Å². The molecule has 22 heavy (non-hydrogen) atoms. The molecular formula is C18H21NO3. The summed E-state index contributed by atoms with van der Waals surface area (Å²) in [5.74, 6) is -5.05. The highest BCUT2D eigenvalue weighted by Crippen LogP contribution is 2.62. The van der Waals surface area contributed by atoms with Crippen LogP contribution in [0.4, 0.5) is 0 Å². The maximum absolute atomic E-state index is 13.4. The number of Topliss-reactive ketones (excluding diaryl/α,β-unsaturated/α-hetero) is 1. The zero-order valence-corrected chi connectivity index (χ0v) is 11.5. The maximum Gasteiger partial charge on any atom is 0.174 e. The summed E-state index contributed by atoms with van der Waals surface area (Å²) in [6.07, 6.45) is -7.64. The van der Waals surface area contributed by atoms with Crippen molar-refractivity contribution in [1.82, 2.24) is 4.90 Å². The molecule has 4 atom stereocenters. The summed E-state index contributed by atoms with van der Waals surface area (Å²) in [6.45, 7) is -3.27. The number of carbonyl (C=O) groups excluding carboxylic acids is 1. The molecule has 1 unspecified atom stereocenters. The smallest absolute Gasteiger partial charge is 0.174 e. The molecule has 116 valence electrons. The first-order valence-electron chi connectivity index (χ1n) is 13.6. The highest BCUT2D eigenvalue weighted by molar-refractivity contribution is 5.89. The van der Waals surface area contributed by atoms with Crippen LogP contribution in [-0.4, -0.2) is 43.3 Å². The number of hydrogen-bond acceptors (Lipinski definition) is 4. The van der Waals surface area contributed by atoms with E-state index in [2.05, 4.69) is 0 Å². The van der Waals surface area contributed by atoms with Gasteiger partial charge in [0.25, 0.3) is 0 Å². The summed E-state index contributed by atoms with van der Waals surface area (Å²) in [5, 5.41) is 0. The largest absolute Gasteiger partial charge is 0.493 e. The van der Waals surface area contributed by atoms with Gasteiger partial charge in [0.1, 0.15) is 0 Å². The molecule has 1 saturated carbocycles. The van der Waals surface area contributed by atoms with Crippen LogP contribution in [0.3, 0.4) is 0 Å². The summed E-state index contributed by atoms with van der Waals surface area (Å²) in [5.41, 5.74) is -2.33. The molecule has 1 aromatic rings. The Hall–Kier alpha value is -1.55. The molecule has 1 aromatic carbocycles. The van der Waals surface area contributed by atoms with Crippen LogP contribution >= 0.6 is 0 Å². The normalized spacial score (nSPS) is 60.5. The zero-order valence-electron chi connectivity index (χ0n) is 24.5. The molecule has 4 heteroatoms. The lowest BCUT2D eigenvalue weighted by Crippen LogP contribution is -2.65. The van der Waals surface area contributed by atoms with E-state index in [9.17, 15) is 7.54 Å². The molecule has 0 radical (unpaired) electrons. The van der Waals surface area contributed by atoms with Crippen molar-refractivity contribution >= 4 is 5.78 Å². The van der Waals surface area contributed by atoms with Gasteiger partial charge in [-0.25, -0.2) is 0 Å². The fraction of sp³-hybridized carbons (Fsp3) is 0.611. The Kier molecular flexibility index (Phi) is 1.01. The number of ketones is 1. The van der Waals surface area contributed by atoms with Crippen molar-refractivity contribution in [2.24, 2.45) is 5.89 Å². The molecule has 1 spiro atoms. The molecule has 1 saturated heterocycles. The van der Waals surface area contributed by atoms with Gasteiger partial charge in [-0.3, -0.25) is 4.79 Å². The second-order valence-corrected chi connectivity index (χ2v) is 5.89. The second-order valence-electron chi connectivity index (χ2n) is 5.89. The monoisotopic (exact) mass is 312 g/mol. The first kappa shape index (κ1) is 5.52. The van der Waals surface area contributed by atoms with Crippen LogP contribution < -0.4 is 9.47 Å². The number of piperidine rings is 1. The molecule has 2 bridgehead atoms. The molecule has 2 fully saturated rings. The Balaban J connectivity index is 1.94. The Morgan fingerprint density at radius 2 is 2.59 bits per heavy atom. The van der Waals surface area contributed by atoms with Crippen molar-refractivity contribution in [3.63, 3.8) is 0 Å². The number of benzene rings is 1. The van der Waals surface area contributed by atoms with Gasteiger partial charge < -0.3 is 14.4 Å². The van der Waals surface area contributed by atoms with Gasteiger partial charge in [0, 0.05) is 33.0 Å². The average Bonchev–Trinajstić information content (AvgIpc) is 2.93. The van der Waals surface area contributed by atoms with Crippen LogP contribution in [0, 0.1) is 5.89 Å². The Morgan fingerprint density at radius 3 is 3.45 bits per heavy atom. The quantitative estimate of drug-likeness (QED) is 0.794. The van der Waals surface area contributed by atoms with Crippen LogP contribution in [0.25, 0.3) is 0 Å². The number of hydrogen-bond donors (Lipinski definition) is 0. The predicted molar refractivity (Wildman–Crippen MR) is 81.6 cm³/mol. The van der Waals surface area contributed by atoms with Gasteiger partial charge in [-0.2, -0.15) is 0 Å². The molecule has 2 aliphatic heterocycles.